The summed E-state index contributed by atoms with van der Waals surface area (Å²) in [6, 6.07) is 6.16. The molecule has 1 amide bonds. The van der Waals surface area contributed by atoms with Crippen molar-refractivity contribution in [3.63, 3.8) is 0 Å². The first-order chi connectivity index (χ1) is 11.0. The predicted octanol–water partition coefficient (Wildman–Crippen LogP) is 4.08. The Hall–Kier alpha value is -1.88. The molecular formula is C18H22N2O2S. The Bertz CT molecular complexity index is 700. The highest BCUT2D eigenvalue weighted by Crippen LogP contribution is 2.30. The van der Waals surface area contributed by atoms with Gasteiger partial charge in [0.25, 0.3) is 5.91 Å². The Morgan fingerprint density at radius 2 is 2.22 bits per heavy atom. The molecule has 0 radical (unpaired) electrons. The highest BCUT2D eigenvalue weighted by Gasteiger charge is 2.18. The lowest BCUT2D eigenvalue weighted by Gasteiger charge is -2.12. The maximum absolute atomic E-state index is 12.1. The minimum absolute atomic E-state index is 0.00658. The number of aromatic nitrogens is 1. The van der Waals surface area contributed by atoms with Crippen LogP contribution in [0, 0.1) is 6.92 Å². The van der Waals surface area contributed by atoms with Crippen molar-refractivity contribution in [1.82, 2.24) is 4.98 Å². The molecule has 2 aromatic rings. The lowest BCUT2D eigenvalue weighted by Crippen LogP contribution is -2.20. The number of benzene rings is 1. The number of aryl methyl sites for hydroxylation is 3. The third-order valence-corrected chi connectivity index (χ3v) is 5.15. The van der Waals surface area contributed by atoms with Gasteiger partial charge in [-0.15, -0.1) is 11.3 Å². The molecule has 3 rings (SSSR count). The monoisotopic (exact) mass is 330 g/mol. The number of nitrogens with one attached hydrogen (secondary N) is 1. The molecule has 0 aliphatic heterocycles. The van der Waals surface area contributed by atoms with Crippen molar-refractivity contribution in [3.05, 3.63) is 39.9 Å². The summed E-state index contributed by atoms with van der Waals surface area (Å²) in [5.74, 6) is 1.05. The Kier molecular flexibility index (Phi) is 4.66. The van der Waals surface area contributed by atoms with Gasteiger partial charge in [0.05, 0.1) is 5.69 Å². The van der Waals surface area contributed by atoms with Crippen LogP contribution in [-0.2, 0) is 17.6 Å². The lowest BCUT2D eigenvalue weighted by molar-refractivity contribution is -0.118. The zero-order valence-electron chi connectivity index (χ0n) is 13.8. The van der Waals surface area contributed by atoms with Crippen LogP contribution in [0.5, 0.6) is 5.75 Å². The number of anilines is 1. The van der Waals surface area contributed by atoms with Gasteiger partial charge in [-0.3, -0.25) is 10.1 Å². The van der Waals surface area contributed by atoms with Crippen molar-refractivity contribution < 1.29 is 9.53 Å². The molecule has 122 valence electrons. The Labute approximate surface area is 140 Å². The Balaban J connectivity index is 1.59. The van der Waals surface area contributed by atoms with E-state index in [-0.39, 0.29) is 12.5 Å². The molecule has 0 unspecified atom stereocenters. The second-order valence-corrected chi connectivity index (χ2v) is 7.34. The molecule has 5 heteroatoms. The Morgan fingerprint density at radius 1 is 1.39 bits per heavy atom. The second-order valence-electron chi connectivity index (χ2n) is 6.26. The number of nitrogens with zero attached hydrogens (tertiary/aromatic N) is 1. The Morgan fingerprint density at radius 3 is 2.96 bits per heavy atom. The number of carbonyl (C=O) groups is 1. The summed E-state index contributed by atoms with van der Waals surface area (Å²) in [6.45, 7) is 6.28. The van der Waals surface area contributed by atoms with Crippen LogP contribution < -0.4 is 10.1 Å². The molecule has 0 saturated heterocycles. The van der Waals surface area contributed by atoms with Gasteiger partial charge in [0.1, 0.15) is 5.75 Å². The van der Waals surface area contributed by atoms with Crippen molar-refractivity contribution in [1.29, 1.82) is 0 Å². The van der Waals surface area contributed by atoms with Gasteiger partial charge >= 0.3 is 0 Å². The van der Waals surface area contributed by atoms with Crippen molar-refractivity contribution >= 4 is 22.4 Å². The van der Waals surface area contributed by atoms with Gasteiger partial charge in [0, 0.05) is 4.88 Å². The van der Waals surface area contributed by atoms with E-state index < -0.39 is 0 Å². The largest absolute Gasteiger partial charge is 0.483 e. The molecule has 1 heterocycles. The summed E-state index contributed by atoms with van der Waals surface area (Å²) in [7, 11) is 0. The van der Waals surface area contributed by atoms with E-state index in [1.807, 2.05) is 19.1 Å². The van der Waals surface area contributed by atoms with Crippen molar-refractivity contribution in [2.24, 2.45) is 0 Å². The third-order valence-electron chi connectivity index (χ3n) is 4.08. The molecule has 1 aliphatic rings. The average Bonchev–Trinajstić information content (AvgIpc) is 3.07. The summed E-state index contributed by atoms with van der Waals surface area (Å²) in [5.41, 5.74) is 3.39. The van der Waals surface area contributed by atoms with Crippen molar-refractivity contribution in [2.75, 3.05) is 11.9 Å². The smallest absolute Gasteiger partial charge is 0.264 e. The quantitative estimate of drug-likeness (QED) is 0.898. The number of rotatable bonds is 5. The third kappa shape index (κ3) is 3.72. The minimum Gasteiger partial charge on any atom is -0.483 e. The van der Waals surface area contributed by atoms with E-state index in [1.165, 1.54) is 16.9 Å². The first kappa shape index (κ1) is 16.0. The minimum atomic E-state index is -0.160. The van der Waals surface area contributed by atoms with Crippen molar-refractivity contribution in [2.45, 2.75) is 46.0 Å². The second kappa shape index (κ2) is 6.71. The summed E-state index contributed by atoms with van der Waals surface area (Å²) >= 11 is 1.58. The van der Waals surface area contributed by atoms with Crippen LogP contribution in [0.3, 0.4) is 0 Å². The highest BCUT2D eigenvalue weighted by atomic mass is 32.1. The topological polar surface area (TPSA) is 51.2 Å². The molecule has 0 bridgehead atoms. The van der Waals surface area contributed by atoms with Gasteiger partial charge in [-0.1, -0.05) is 26.0 Å². The van der Waals surface area contributed by atoms with Crippen LogP contribution in [-0.4, -0.2) is 17.5 Å². The van der Waals surface area contributed by atoms with E-state index in [9.17, 15) is 4.79 Å². The van der Waals surface area contributed by atoms with E-state index in [2.05, 4.69) is 30.2 Å². The fourth-order valence-corrected chi connectivity index (χ4v) is 3.74. The van der Waals surface area contributed by atoms with Gasteiger partial charge < -0.3 is 4.74 Å². The number of carbonyl (C=O) groups excluding carboxylic acids is 1. The van der Waals surface area contributed by atoms with Gasteiger partial charge in [-0.05, 0) is 49.3 Å². The molecule has 4 nitrogen and oxygen atoms in total. The maximum Gasteiger partial charge on any atom is 0.264 e. The van der Waals surface area contributed by atoms with Crippen LogP contribution in [0.25, 0.3) is 0 Å². The summed E-state index contributed by atoms with van der Waals surface area (Å²) in [6.07, 6.45) is 3.29. The van der Waals surface area contributed by atoms with Crippen LogP contribution >= 0.6 is 11.3 Å². The predicted molar refractivity (Wildman–Crippen MR) is 93.5 cm³/mol. The number of hydrogen-bond donors (Lipinski definition) is 1. The molecule has 0 saturated carbocycles. The van der Waals surface area contributed by atoms with Crippen LogP contribution in [0.4, 0.5) is 5.13 Å². The average molecular weight is 330 g/mol. The fourth-order valence-electron chi connectivity index (χ4n) is 2.67. The summed E-state index contributed by atoms with van der Waals surface area (Å²) in [4.78, 5) is 17.9. The highest BCUT2D eigenvalue weighted by molar-refractivity contribution is 7.15. The van der Waals surface area contributed by atoms with E-state index in [1.54, 1.807) is 11.3 Å². The van der Waals surface area contributed by atoms with Crippen LogP contribution in [0.15, 0.2) is 18.2 Å². The normalized spacial score (nSPS) is 13.2. The number of thiazole rings is 1. The molecule has 23 heavy (non-hydrogen) atoms. The van der Waals surface area contributed by atoms with Gasteiger partial charge in [0.2, 0.25) is 0 Å². The number of hydrogen-bond acceptors (Lipinski definition) is 4. The standard InChI is InChI=1S/C18H22N2O2S/c1-11(2)13-8-7-12(3)15(9-13)22-10-17(21)20-18-19-14-5-4-6-16(14)23-18/h7-9,11H,4-6,10H2,1-3H3,(H,19,20,21). The SMILES string of the molecule is Cc1ccc(C(C)C)cc1OCC(=O)Nc1nc2c(s1)CCC2. The van der Waals surface area contributed by atoms with E-state index >= 15 is 0 Å². The number of fused-ring (bicyclic) bond motifs is 1. The molecule has 1 aliphatic carbocycles. The first-order valence-electron chi connectivity index (χ1n) is 8.04. The van der Waals surface area contributed by atoms with E-state index in [0.717, 1.165) is 29.8 Å². The first-order valence-corrected chi connectivity index (χ1v) is 8.86. The van der Waals surface area contributed by atoms with E-state index in [0.29, 0.717) is 11.0 Å². The maximum atomic E-state index is 12.1. The number of amides is 1. The molecule has 1 aromatic carbocycles. The lowest BCUT2D eigenvalue weighted by atomic mass is 10.0. The molecule has 1 aromatic heterocycles. The van der Waals surface area contributed by atoms with Gasteiger partial charge in [0.15, 0.2) is 11.7 Å². The van der Waals surface area contributed by atoms with Gasteiger partial charge in [-0.2, -0.15) is 0 Å². The number of ether oxygens (including phenoxy) is 1. The molecule has 0 atom stereocenters. The fraction of sp³-hybridized carbons (Fsp3) is 0.444. The van der Waals surface area contributed by atoms with Crippen LogP contribution in [0.1, 0.15) is 47.9 Å². The molecular weight excluding hydrogens is 308 g/mol. The zero-order chi connectivity index (χ0) is 16.4. The molecule has 0 fully saturated rings. The van der Waals surface area contributed by atoms with Crippen LogP contribution in [0.2, 0.25) is 0 Å². The van der Waals surface area contributed by atoms with E-state index in [4.69, 9.17) is 4.74 Å². The van der Waals surface area contributed by atoms with Gasteiger partial charge in [-0.25, -0.2) is 4.98 Å². The zero-order valence-corrected chi connectivity index (χ0v) is 14.6. The summed E-state index contributed by atoms with van der Waals surface area (Å²) in [5, 5.41) is 3.53. The molecule has 0 spiro atoms. The molecule has 1 N–H and O–H groups in total. The summed E-state index contributed by atoms with van der Waals surface area (Å²) < 4.78 is 5.70. The van der Waals surface area contributed by atoms with Crippen molar-refractivity contribution in [3.8, 4) is 5.75 Å².